The summed E-state index contributed by atoms with van der Waals surface area (Å²) in [6.07, 6.45) is 2.66. The number of carbonyl (C=O) groups is 2. The minimum absolute atomic E-state index is 0.0353. The highest BCUT2D eigenvalue weighted by Gasteiger charge is 2.12. The van der Waals surface area contributed by atoms with Gasteiger partial charge in [-0.2, -0.15) is 11.3 Å². The molecule has 5 heteroatoms. The van der Waals surface area contributed by atoms with Gasteiger partial charge in [-0.1, -0.05) is 13.3 Å². The number of carbonyl (C=O) groups excluding carboxylic acids is 1. The minimum atomic E-state index is -0.753. The Morgan fingerprint density at radius 1 is 1.37 bits per heavy atom. The fourth-order valence-corrected chi connectivity index (χ4v) is 2.79. The molecule has 0 saturated heterocycles. The van der Waals surface area contributed by atoms with Crippen LogP contribution in [-0.4, -0.2) is 23.5 Å². The molecule has 0 aromatic carbocycles. The normalized spacial score (nSPS) is 12.1. The summed E-state index contributed by atoms with van der Waals surface area (Å²) in [6, 6.07) is 0. The fraction of sp³-hybridized carbons (Fsp3) is 0.571. The van der Waals surface area contributed by atoms with E-state index in [0.717, 1.165) is 24.0 Å². The molecule has 0 radical (unpaired) electrons. The van der Waals surface area contributed by atoms with Gasteiger partial charge < -0.3 is 10.4 Å². The maximum atomic E-state index is 11.9. The summed E-state index contributed by atoms with van der Waals surface area (Å²) in [7, 11) is 0. The lowest BCUT2D eigenvalue weighted by Gasteiger charge is -2.14. The van der Waals surface area contributed by atoms with Crippen molar-refractivity contribution in [3.8, 4) is 0 Å². The van der Waals surface area contributed by atoms with Crippen LogP contribution in [0.25, 0.3) is 0 Å². The molecule has 1 aromatic heterocycles. The molecule has 1 aromatic rings. The Bertz CT molecular complexity index is 428. The molecule has 0 aliphatic rings. The van der Waals surface area contributed by atoms with Crippen molar-refractivity contribution < 1.29 is 14.7 Å². The second-order valence-corrected chi connectivity index (χ2v) is 5.46. The molecule has 1 unspecified atom stereocenters. The van der Waals surface area contributed by atoms with Gasteiger partial charge in [0.1, 0.15) is 0 Å². The molecule has 0 fully saturated rings. The number of amides is 1. The van der Waals surface area contributed by atoms with Crippen molar-refractivity contribution in [3.63, 3.8) is 0 Å². The maximum absolute atomic E-state index is 11.9. The first kappa shape index (κ1) is 15.7. The highest BCUT2D eigenvalue weighted by atomic mass is 32.1. The van der Waals surface area contributed by atoms with Gasteiger partial charge in [0, 0.05) is 18.3 Å². The van der Waals surface area contributed by atoms with E-state index in [4.69, 9.17) is 5.11 Å². The van der Waals surface area contributed by atoms with E-state index in [2.05, 4.69) is 12.2 Å². The monoisotopic (exact) mass is 283 g/mol. The summed E-state index contributed by atoms with van der Waals surface area (Å²) in [5.74, 6) is -0.428. The number of aryl methyl sites for hydroxylation is 1. The predicted octanol–water partition coefficient (Wildman–Crippen LogP) is 3.07. The van der Waals surface area contributed by atoms with Crippen molar-refractivity contribution >= 4 is 23.2 Å². The largest absolute Gasteiger partial charge is 0.481 e. The smallest absolute Gasteiger partial charge is 0.303 e. The number of hydrogen-bond donors (Lipinski definition) is 2. The third-order valence-electron chi connectivity index (χ3n) is 3.28. The van der Waals surface area contributed by atoms with Gasteiger partial charge in [-0.05, 0) is 36.6 Å². The molecule has 0 saturated carbocycles. The third-order valence-corrected chi connectivity index (χ3v) is 4.14. The van der Waals surface area contributed by atoms with E-state index >= 15 is 0 Å². The Balaban J connectivity index is 2.30. The van der Waals surface area contributed by atoms with Crippen LogP contribution in [0.4, 0.5) is 0 Å². The second-order valence-electron chi connectivity index (χ2n) is 4.72. The van der Waals surface area contributed by atoms with Crippen molar-refractivity contribution in [2.75, 3.05) is 6.54 Å². The Labute approximate surface area is 117 Å². The molecular weight excluding hydrogens is 262 g/mol. The topological polar surface area (TPSA) is 66.4 Å². The molecule has 1 atom stereocenters. The van der Waals surface area contributed by atoms with E-state index in [1.807, 2.05) is 17.7 Å². The maximum Gasteiger partial charge on any atom is 0.303 e. The van der Waals surface area contributed by atoms with Gasteiger partial charge in [-0.15, -0.1) is 0 Å². The quantitative estimate of drug-likeness (QED) is 0.770. The lowest BCUT2D eigenvalue weighted by molar-refractivity contribution is -0.137. The molecular formula is C14H21NO3S. The second kappa shape index (κ2) is 7.94. The Morgan fingerprint density at radius 2 is 2.11 bits per heavy atom. The zero-order valence-electron chi connectivity index (χ0n) is 11.4. The van der Waals surface area contributed by atoms with E-state index in [1.165, 1.54) is 11.3 Å². The zero-order chi connectivity index (χ0) is 14.3. The number of thiophene rings is 1. The average Bonchev–Trinajstić information content (AvgIpc) is 2.79. The SMILES string of the molecule is CCC(CCNC(=O)c1cscc1C)CCC(=O)O. The molecule has 0 aliphatic carbocycles. The number of nitrogens with one attached hydrogen (secondary N) is 1. The molecule has 4 nitrogen and oxygen atoms in total. The zero-order valence-corrected chi connectivity index (χ0v) is 12.3. The van der Waals surface area contributed by atoms with Crippen LogP contribution in [-0.2, 0) is 4.79 Å². The van der Waals surface area contributed by atoms with Crippen LogP contribution < -0.4 is 5.32 Å². The number of carboxylic acids is 1. The van der Waals surface area contributed by atoms with Gasteiger partial charge in [-0.3, -0.25) is 9.59 Å². The third kappa shape index (κ3) is 5.42. The van der Waals surface area contributed by atoms with Gasteiger partial charge in [0.25, 0.3) is 5.91 Å². The van der Waals surface area contributed by atoms with Gasteiger partial charge >= 0.3 is 5.97 Å². The fourth-order valence-electron chi connectivity index (χ4n) is 1.96. The number of rotatable bonds is 8. The van der Waals surface area contributed by atoms with Crippen LogP contribution in [0.3, 0.4) is 0 Å². The van der Waals surface area contributed by atoms with Crippen molar-refractivity contribution in [3.05, 3.63) is 21.9 Å². The van der Waals surface area contributed by atoms with E-state index < -0.39 is 5.97 Å². The molecule has 2 N–H and O–H groups in total. The predicted molar refractivity (Wildman–Crippen MR) is 76.7 cm³/mol. The van der Waals surface area contributed by atoms with Crippen molar-refractivity contribution in [2.24, 2.45) is 5.92 Å². The summed E-state index contributed by atoms with van der Waals surface area (Å²) < 4.78 is 0. The lowest BCUT2D eigenvalue weighted by atomic mass is 9.96. The lowest BCUT2D eigenvalue weighted by Crippen LogP contribution is -2.26. The molecule has 0 aliphatic heterocycles. The highest BCUT2D eigenvalue weighted by molar-refractivity contribution is 7.08. The minimum Gasteiger partial charge on any atom is -0.481 e. The molecule has 19 heavy (non-hydrogen) atoms. The first-order chi connectivity index (χ1) is 9.04. The first-order valence-electron chi connectivity index (χ1n) is 6.57. The van der Waals surface area contributed by atoms with E-state index in [-0.39, 0.29) is 12.3 Å². The van der Waals surface area contributed by atoms with Crippen molar-refractivity contribution in [1.29, 1.82) is 0 Å². The number of hydrogen-bond acceptors (Lipinski definition) is 3. The summed E-state index contributed by atoms with van der Waals surface area (Å²) in [5.41, 5.74) is 1.74. The van der Waals surface area contributed by atoms with Crippen LogP contribution in [0.5, 0.6) is 0 Å². The van der Waals surface area contributed by atoms with E-state index in [0.29, 0.717) is 18.9 Å². The Morgan fingerprint density at radius 3 is 2.63 bits per heavy atom. The Kier molecular flexibility index (Phi) is 6.56. The van der Waals surface area contributed by atoms with Crippen LogP contribution in [0.15, 0.2) is 10.8 Å². The van der Waals surface area contributed by atoms with Crippen molar-refractivity contribution in [2.45, 2.75) is 39.5 Å². The van der Waals surface area contributed by atoms with Gasteiger partial charge in [0.2, 0.25) is 0 Å². The van der Waals surface area contributed by atoms with Crippen molar-refractivity contribution in [1.82, 2.24) is 5.32 Å². The summed E-state index contributed by atoms with van der Waals surface area (Å²) in [4.78, 5) is 22.4. The standard InChI is InChI=1S/C14H21NO3S/c1-3-11(4-5-13(16)17)6-7-15-14(18)12-9-19-8-10(12)2/h8-9,11H,3-7H2,1-2H3,(H,15,18)(H,16,17). The Hall–Kier alpha value is -1.36. The van der Waals surface area contributed by atoms with Crippen LogP contribution >= 0.6 is 11.3 Å². The van der Waals surface area contributed by atoms with Crippen LogP contribution in [0, 0.1) is 12.8 Å². The van der Waals surface area contributed by atoms with Gasteiger partial charge in [0.05, 0.1) is 5.56 Å². The van der Waals surface area contributed by atoms with E-state index in [9.17, 15) is 9.59 Å². The number of aliphatic carboxylic acids is 1. The molecule has 0 bridgehead atoms. The highest BCUT2D eigenvalue weighted by Crippen LogP contribution is 2.16. The van der Waals surface area contributed by atoms with Crippen LogP contribution in [0.1, 0.15) is 48.5 Å². The molecule has 1 heterocycles. The average molecular weight is 283 g/mol. The number of carboxylic acid groups (broad SMARTS) is 1. The summed E-state index contributed by atoms with van der Waals surface area (Å²) in [5, 5.41) is 15.4. The van der Waals surface area contributed by atoms with E-state index in [1.54, 1.807) is 0 Å². The molecule has 1 rings (SSSR count). The van der Waals surface area contributed by atoms with Gasteiger partial charge in [0.15, 0.2) is 0 Å². The molecule has 0 spiro atoms. The first-order valence-corrected chi connectivity index (χ1v) is 7.51. The van der Waals surface area contributed by atoms with Crippen LogP contribution in [0.2, 0.25) is 0 Å². The van der Waals surface area contributed by atoms with Gasteiger partial charge in [-0.25, -0.2) is 0 Å². The molecule has 106 valence electrons. The summed E-state index contributed by atoms with van der Waals surface area (Å²) in [6.45, 7) is 4.58. The molecule has 1 amide bonds. The summed E-state index contributed by atoms with van der Waals surface area (Å²) >= 11 is 1.52.